The number of fused-ring (bicyclic) bond motifs is 2. The minimum atomic E-state index is -0.218. The fourth-order valence-electron chi connectivity index (χ4n) is 2.91. The second kappa shape index (κ2) is 3.52. The molecule has 2 saturated heterocycles. The van der Waals surface area contributed by atoms with Gasteiger partial charge in [0.1, 0.15) is 0 Å². The Kier molecular flexibility index (Phi) is 2.40. The molecule has 3 nitrogen and oxygen atoms in total. The molecule has 0 aromatic rings. The van der Waals surface area contributed by atoms with Crippen LogP contribution < -0.4 is 0 Å². The van der Waals surface area contributed by atoms with Crippen LogP contribution in [0.1, 0.15) is 40.5 Å². The van der Waals surface area contributed by atoms with Gasteiger partial charge in [-0.1, -0.05) is 0 Å². The maximum Gasteiger partial charge on any atom is 0.492 e. The first-order chi connectivity index (χ1) is 7.89. The van der Waals surface area contributed by atoms with Crippen LogP contribution in [0.2, 0.25) is 0 Å². The van der Waals surface area contributed by atoms with E-state index in [1.807, 2.05) is 0 Å². The molecule has 4 heteroatoms. The summed E-state index contributed by atoms with van der Waals surface area (Å²) in [6.45, 7) is 10.9. The molecule has 0 N–H and O–H groups in total. The molecule has 0 aliphatic carbocycles. The minimum Gasteiger partial charge on any atom is -0.400 e. The lowest BCUT2D eigenvalue weighted by Crippen LogP contribution is -2.41. The maximum atomic E-state index is 6.14. The second-order valence-electron chi connectivity index (χ2n) is 6.53. The van der Waals surface area contributed by atoms with Crippen molar-refractivity contribution in [2.45, 2.75) is 51.7 Å². The Bertz CT molecular complexity index is 340. The first kappa shape index (κ1) is 11.6. The number of hydrogen-bond acceptors (Lipinski definition) is 3. The number of rotatable bonds is 1. The molecule has 94 valence electrons. The normalized spacial score (nSPS) is 30.9. The predicted octanol–water partition coefficient (Wildman–Crippen LogP) is 2.23. The molecular formula is C13H22BNO2. The number of allylic oxidation sites excluding steroid dienone is 1. The highest BCUT2D eigenvalue weighted by atomic mass is 16.7. The highest BCUT2D eigenvalue weighted by Gasteiger charge is 2.54. The fourth-order valence-corrected chi connectivity index (χ4v) is 2.91. The SMILES string of the molecule is CC1(C)OB(C2=CN3CCC2CC3)OC1(C)C. The van der Waals surface area contributed by atoms with Crippen molar-refractivity contribution >= 4 is 7.12 Å². The molecule has 4 aliphatic rings. The highest BCUT2D eigenvalue weighted by molar-refractivity contribution is 6.54. The predicted molar refractivity (Wildman–Crippen MR) is 68.5 cm³/mol. The van der Waals surface area contributed by atoms with E-state index in [-0.39, 0.29) is 18.3 Å². The summed E-state index contributed by atoms with van der Waals surface area (Å²) in [5, 5.41) is 0. The van der Waals surface area contributed by atoms with E-state index in [1.165, 1.54) is 31.4 Å². The van der Waals surface area contributed by atoms with Crippen LogP contribution in [0.3, 0.4) is 0 Å². The smallest absolute Gasteiger partial charge is 0.400 e. The summed E-state index contributed by atoms with van der Waals surface area (Å²) in [4.78, 5) is 2.40. The lowest BCUT2D eigenvalue weighted by Gasteiger charge is -2.39. The van der Waals surface area contributed by atoms with Gasteiger partial charge in [0, 0.05) is 13.1 Å². The Balaban J connectivity index is 1.84. The molecule has 0 radical (unpaired) electrons. The molecule has 0 unspecified atom stereocenters. The van der Waals surface area contributed by atoms with Crippen LogP contribution in [-0.2, 0) is 9.31 Å². The maximum absolute atomic E-state index is 6.14. The van der Waals surface area contributed by atoms with Gasteiger partial charge in [-0.25, -0.2) is 0 Å². The van der Waals surface area contributed by atoms with Gasteiger partial charge in [0.2, 0.25) is 0 Å². The van der Waals surface area contributed by atoms with Crippen molar-refractivity contribution in [3.63, 3.8) is 0 Å². The van der Waals surface area contributed by atoms with Crippen molar-refractivity contribution in [2.24, 2.45) is 5.92 Å². The van der Waals surface area contributed by atoms with Crippen molar-refractivity contribution < 1.29 is 9.31 Å². The van der Waals surface area contributed by atoms with Crippen LogP contribution in [-0.4, -0.2) is 36.3 Å². The van der Waals surface area contributed by atoms with E-state index in [0.717, 1.165) is 0 Å². The number of nitrogens with zero attached hydrogens (tertiary/aromatic N) is 1. The zero-order valence-corrected chi connectivity index (χ0v) is 11.3. The lowest BCUT2D eigenvalue weighted by atomic mass is 9.66. The van der Waals surface area contributed by atoms with Crippen molar-refractivity contribution in [3.05, 3.63) is 11.7 Å². The zero-order valence-electron chi connectivity index (χ0n) is 11.3. The van der Waals surface area contributed by atoms with E-state index in [2.05, 4.69) is 38.8 Å². The van der Waals surface area contributed by atoms with Gasteiger partial charge in [-0.2, -0.15) is 0 Å². The number of piperidine rings is 1. The molecule has 0 atom stereocenters. The van der Waals surface area contributed by atoms with Crippen LogP contribution in [0.15, 0.2) is 11.7 Å². The second-order valence-corrected chi connectivity index (χ2v) is 6.53. The summed E-state index contributed by atoms with van der Waals surface area (Å²) in [6.07, 6.45) is 4.80. The highest BCUT2D eigenvalue weighted by Crippen LogP contribution is 2.42. The summed E-state index contributed by atoms with van der Waals surface area (Å²) in [7, 11) is -0.131. The molecule has 17 heavy (non-hydrogen) atoms. The van der Waals surface area contributed by atoms with E-state index >= 15 is 0 Å². The third kappa shape index (κ3) is 1.73. The van der Waals surface area contributed by atoms with Gasteiger partial charge in [-0.3, -0.25) is 0 Å². The van der Waals surface area contributed by atoms with E-state index in [9.17, 15) is 0 Å². The van der Waals surface area contributed by atoms with E-state index in [4.69, 9.17) is 9.31 Å². The van der Waals surface area contributed by atoms with Gasteiger partial charge in [0.15, 0.2) is 0 Å². The fraction of sp³-hybridized carbons (Fsp3) is 0.846. The summed E-state index contributed by atoms with van der Waals surface area (Å²) < 4.78 is 12.3. The molecule has 2 fully saturated rings. The molecule has 2 bridgehead atoms. The molecule has 0 aromatic carbocycles. The summed E-state index contributed by atoms with van der Waals surface area (Å²) in [5.74, 6) is 0.676. The molecule has 0 aromatic heterocycles. The Morgan fingerprint density at radius 2 is 1.65 bits per heavy atom. The van der Waals surface area contributed by atoms with Gasteiger partial charge in [0.05, 0.1) is 11.2 Å². The Morgan fingerprint density at radius 1 is 1.12 bits per heavy atom. The summed E-state index contributed by atoms with van der Waals surface area (Å²) >= 11 is 0. The van der Waals surface area contributed by atoms with Crippen LogP contribution in [0.5, 0.6) is 0 Å². The Hall–Kier alpha value is -0.475. The number of hydrogen-bond donors (Lipinski definition) is 0. The van der Waals surface area contributed by atoms with Gasteiger partial charge >= 0.3 is 7.12 Å². The lowest BCUT2D eigenvalue weighted by molar-refractivity contribution is 0.00578. The molecule has 4 aliphatic heterocycles. The average molecular weight is 235 g/mol. The summed E-state index contributed by atoms with van der Waals surface area (Å²) in [5.41, 5.74) is 0.927. The van der Waals surface area contributed by atoms with Crippen molar-refractivity contribution in [3.8, 4) is 0 Å². The van der Waals surface area contributed by atoms with Crippen LogP contribution in [0.25, 0.3) is 0 Å². The summed E-state index contributed by atoms with van der Waals surface area (Å²) in [6, 6.07) is 0. The van der Waals surface area contributed by atoms with Crippen molar-refractivity contribution in [1.29, 1.82) is 0 Å². The molecule has 0 spiro atoms. The zero-order chi connectivity index (χ0) is 12.3. The van der Waals surface area contributed by atoms with Crippen LogP contribution >= 0.6 is 0 Å². The third-order valence-corrected chi connectivity index (χ3v) is 4.86. The van der Waals surface area contributed by atoms with E-state index in [0.29, 0.717) is 5.92 Å². The quantitative estimate of drug-likeness (QED) is 0.650. The van der Waals surface area contributed by atoms with E-state index < -0.39 is 0 Å². The Labute approximate surface area is 104 Å². The average Bonchev–Trinajstić information content (AvgIpc) is 2.50. The van der Waals surface area contributed by atoms with Crippen molar-refractivity contribution in [1.82, 2.24) is 4.90 Å². The first-order valence-corrected chi connectivity index (χ1v) is 6.70. The van der Waals surface area contributed by atoms with E-state index in [1.54, 1.807) is 0 Å². The molecule has 0 amide bonds. The third-order valence-electron chi connectivity index (χ3n) is 4.86. The molecule has 0 saturated carbocycles. The van der Waals surface area contributed by atoms with Gasteiger partial charge in [0.25, 0.3) is 0 Å². The molecule has 4 heterocycles. The minimum absolute atomic E-state index is 0.131. The largest absolute Gasteiger partial charge is 0.492 e. The molecular weight excluding hydrogens is 213 g/mol. The Morgan fingerprint density at radius 3 is 2.06 bits per heavy atom. The van der Waals surface area contributed by atoms with Crippen LogP contribution in [0.4, 0.5) is 0 Å². The van der Waals surface area contributed by atoms with Crippen molar-refractivity contribution in [2.75, 3.05) is 13.1 Å². The molecule has 4 rings (SSSR count). The van der Waals surface area contributed by atoms with Gasteiger partial charge < -0.3 is 14.2 Å². The topological polar surface area (TPSA) is 21.7 Å². The monoisotopic (exact) mass is 235 g/mol. The first-order valence-electron chi connectivity index (χ1n) is 6.70. The van der Waals surface area contributed by atoms with Crippen LogP contribution in [0, 0.1) is 5.92 Å². The van der Waals surface area contributed by atoms with Gasteiger partial charge in [-0.15, -0.1) is 0 Å². The standard InChI is InChI=1S/C13H22BNO2/c1-12(2)13(3,4)17-14(16-12)11-9-15-7-5-10(11)6-8-15/h9-10H,5-8H2,1-4H3. The van der Waals surface area contributed by atoms with Gasteiger partial charge in [-0.05, 0) is 58.1 Å².